The smallest absolute Gasteiger partial charge is 0.233 e. The standard InChI is InChI=1S/C11H17N5OS/c1-6(10(17)13-8-4-5-8)18-11-15-14-9(16(11)12)7-2-3-7/h6-8H,2-5,12H2,1H3,(H,13,17)/t6-/m1/s1. The number of nitrogens with one attached hydrogen (secondary N) is 1. The molecule has 7 heteroatoms. The van der Waals surface area contributed by atoms with Gasteiger partial charge in [-0.05, 0) is 32.6 Å². The van der Waals surface area contributed by atoms with Crippen molar-refractivity contribution in [3.63, 3.8) is 0 Å². The van der Waals surface area contributed by atoms with E-state index in [1.165, 1.54) is 16.4 Å². The van der Waals surface area contributed by atoms with Gasteiger partial charge in [0, 0.05) is 12.0 Å². The minimum absolute atomic E-state index is 0.0541. The summed E-state index contributed by atoms with van der Waals surface area (Å²) >= 11 is 1.37. The summed E-state index contributed by atoms with van der Waals surface area (Å²) in [5.74, 6) is 7.30. The number of hydrogen-bond acceptors (Lipinski definition) is 5. The lowest BCUT2D eigenvalue weighted by atomic mass is 10.4. The number of hydrogen-bond donors (Lipinski definition) is 2. The molecule has 1 heterocycles. The van der Waals surface area contributed by atoms with Gasteiger partial charge in [0.2, 0.25) is 11.1 Å². The van der Waals surface area contributed by atoms with Crippen LogP contribution in [0.3, 0.4) is 0 Å². The van der Waals surface area contributed by atoms with Crippen molar-refractivity contribution >= 4 is 17.7 Å². The van der Waals surface area contributed by atoms with E-state index in [1.807, 2.05) is 6.92 Å². The van der Waals surface area contributed by atoms with Crippen molar-refractivity contribution in [1.82, 2.24) is 20.2 Å². The highest BCUT2D eigenvalue weighted by molar-refractivity contribution is 8.00. The molecule has 3 rings (SSSR count). The molecule has 0 saturated heterocycles. The highest BCUT2D eigenvalue weighted by atomic mass is 32.2. The Bertz CT molecular complexity index is 466. The molecule has 2 aliphatic rings. The molecule has 18 heavy (non-hydrogen) atoms. The maximum absolute atomic E-state index is 11.8. The minimum Gasteiger partial charge on any atom is -0.352 e. The van der Waals surface area contributed by atoms with Crippen LogP contribution >= 0.6 is 11.8 Å². The first-order valence-corrected chi connectivity index (χ1v) is 7.20. The number of carbonyl (C=O) groups excluding carboxylic acids is 1. The fraction of sp³-hybridized carbons (Fsp3) is 0.727. The Morgan fingerprint density at radius 3 is 2.78 bits per heavy atom. The summed E-state index contributed by atoms with van der Waals surface area (Å²) in [5, 5.41) is 11.6. The Morgan fingerprint density at radius 2 is 2.17 bits per heavy atom. The monoisotopic (exact) mass is 267 g/mol. The van der Waals surface area contributed by atoms with E-state index in [2.05, 4.69) is 15.5 Å². The molecule has 0 unspecified atom stereocenters. The molecule has 1 atom stereocenters. The number of nitrogens with two attached hydrogens (primary N) is 1. The second-order valence-corrected chi connectivity index (χ2v) is 6.34. The summed E-state index contributed by atoms with van der Waals surface area (Å²) < 4.78 is 1.53. The van der Waals surface area contributed by atoms with E-state index in [-0.39, 0.29) is 11.2 Å². The summed E-state index contributed by atoms with van der Waals surface area (Å²) in [6, 6.07) is 0.387. The number of nitrogen functional groups attached to an aromatic ring is 1. The quantitative estimate of drug-likeness (QED) is 0.603. The van der Waals surface area contributed by atoms with Crippen LogP contribution in [0.1, 0.15) is 44.3 Å². The molecule has 0 spiro atoms. The molecule has 0 radical (unpaired) electrons. The maximum atomic E-state index is 11.8. The SMILES string of the molecule is C[C@@H](Sc1nnc(C2CC2)n1N)C(=O)NC1CC1. The highest BCUT2D eigenvalue weighted by Gasteiger charge is 2.31. The second-order valence-electron chi connectivity index (χ2n) is 5.03. The second kappa shape index (κ2) is 4.46. The van der Waals surface area contributed by atoms with Gasteiger partial charge < -0.3 is 11.2 Å². The first-order valence-electron chi connectivity index (χ1n) is 6.32. The van der Waals surface area contributed by atoms with Crippen molar-refractivity contribution in [1.29, 1.82) is 0 Å². The fourth-order valence-electron chi connectivity index (χ4n) is 1.75. The Morgan fingerprint density at radius 1 is 1.44 bits per heavy atom. The average Bonchev–Trinajstić information content (AvgIpc) is 3.22. The van der Waals surface area contributed by atoms with Crippen LogP contribution < -0.4 is 11.2 Å². The summed E-state index contributed by atoms with van der Waals surface area (Å²) in [6.45, 7) is 1.87. The molecule has 1 amide bonds. The Balaban J connectivity index is 1.62. The Kier molecular flexibility index (Phi) is 2.93. The number of carbonyl (C=O) groups is 1. The van der Waals surface area contributed by atoms with Crippen molar-refractivity contribution < 1.29 is 4.79 Å². The van der Waals surface area contributed by atoms with Gasteiger partial charge in [0.15, 0.2) is 5.82 Å². The molecule has 3 N–H and O–H groups in total. The summed E-state index contributed by atoms with van der Waals surface area (Å²) in [4.78, 5) is 11.8. The van der Waals surface area contributed by atoms with Gasteiger partial charge >= 0.3 is 0 Å². The van der Waals surface area contributed by atoms with Gasteiger partial charge in [-0.15, -0.1) is 10.2 Å². The van der Waals surface area contributed by atoms with Crippen LogP contribution in [0.25, 0.3) is 0 Å². The zero-order chi connectivity index (χ0) is 12.7. The number of thioether (sulfide) groups is 1. The van der Waals surface area contributed by atoms with E-state index in [0.29, 0.717) is 17.1 Å². The van der Waals surface area contributed by atoms with Crippen molar-refractivity contribution in [2.45, 2.75) is 55.0 Å². The number of rotatable bonds is 5. The predicted octanol–water partition coefficient (Wildman–Crippen LogP) is 0.629. The van der Waals surface area contributed by atoms with Gasteiger partial charge in [0.1, 0.15) is 0 Å². The Hall–Kier alpha value is -1.24. The molecule has 0 bridgehead atoms. The molecule has 2 saturated carbocycles. The molecule has 98 valence electrons. The van der Waals surface area contributed by atoms with Crippen molar-refractivity contribution in [2.75, 3.05) is 5.84 Å². The van der Waals surface area contributed by atoms with E-state index in [4.69, 9.17) is 5.84 Å². The van der Waals surface area contributed by atoms with Crippen LogP contribution in [0.15, 0.2) is 5.16 Å². The maximum Gasteiger partial charge on any atom is 0.233 e. The van der Waals surface area contributed by atoms with Gasteiger partial charge in [-0.1, -0.05) is 11.8 Å². The molecule has 0 aliphatic heterocycles. The molecule has 2 fully saturated rings. The van der Waals surface area contributed by atoms with Crippen molar-refractivity contribution in [3.8, 4) is 0 Å². The third-order valence-corrected chi connectivity index (χ3v) is 4.27. The molecule has 1 aromatic heterocycles. The Labute approximate surface area is 110 Å². The predicted molar refractivity (Wildman–Crippen MR) is 68.6 cm³/mol. The van der Waals surface area contributed by atoms with Gasteiger partial charge in [0.25, 0.3) is 0 Å². The van der Waals surface area contributed by atoms with E-state index < -0.39 is 0 Å². The molecule has 2 aliphatic carbocycles. The number of amides is 1. The van der Waals surface area contributed by atoms with Crippen LogP contribution in [0, 0.1) is 0 Å². The third kappa shape index (κ3) is 2.45. The normalized spacial score (nSPS) is 20.7. The van der Waals surface area contributed by atoms with Gasteiger partial charge in [-0.25, -0.2) is 4.68 Å². The highest BCUT2D eigenvalue weighted by Crippen LogP contribution is 2.39. The lowest BCUT2D eigenvalue weighted by Crippen LogP contribution is -2.32. The van der Waals surface area contributed by atoms with E-state index in [9.17, 15) is 4.79 Å². The van der Waals surface area contributed by atoms with Crippen LogP contribution in [0.5, 0.6) is 0 Å². The number of nitrogens with zero attached hydrogens (tertiary/aromatic N) is 3. The van der Waals surface area contributed by atoms with Crippen LogP contribution in [-0.2, 0) is 4.79 Å². The minimum atomic E-state index is -0.191. The summed E-state index contributed by atoms with van der Waals surface area (Å²) in [5.41, 5.74) is 0. The lowest BCUT2D eigenvalue weighted by Gasteiger charge is -2.10. The summed E-state index contributed by atoms with van der Waals surface area (Å²) in [6.07, 6.45) is 4.47. The van der Waals surface area contributed by atoms with E-state index >= 15 is 0 Å². The molecular formula is C11H17N5OS. The van der Waals surface area contributed by atoms with Gasteiger partial charge in [0.05, 0.1) is 5.25 Å². The molecule has 1 aromatic rings. The number of aromatic nitrogens is 3. The zero-order valence-electron chi connectivity index (χ0n) is 10.3. The average molecular weight is 267 g/mol. The fourth-order valence-corrected chi connectivity index (χ4v) is 2.53. The zero-order valence-corrected chi connectivity index (χ0v) is 11.1. The van der Waals surface area contributed by atoms with E-state index in [0.717, 1.165) is 31.5 Å². The van der Waals surface area contributed by atoms with E-state index in [1.54, 1.807) is 0 Å². The van der Waals surface area contributed by atoms with Crippen LogP contribution in [0.2, 0.25) is 0 Å². The topological polar surface area (TPSA) is 85.8 Å². The lowest BCUT2D eigenvalue weighted by molar-refractivity contribution is -0.120. The molecular weight excluding hydrogens is 250 g/mol. The van der Waals surface area contributed by atoms with Crippen LogP contribution in [0.4, 0.5) is 0 Å². The van der Waals surface area contributed by atoms with Crippen LogP contribution in [-0.4, -0.2) is 32.1 Å². The molecule has 6 nitrogen and oxygen atoms in total. The largest absolute Gasteiger partial charge is 0.352 e. The van der Waals surface area contributed by atoms with Gasteiger partial charge in [-0.2, -0.15) is 0 Å². The third-order valence-electron chi connectivity index (χ3n) is 3.21. The molecule has 0 aromatic carbocycles. The summed E-state index contributed by atoms with van der Waals surface area (Å²) in [7, 11) is 0. The van der Waals surface area contributed by atoms with Crippen molar-refractivity contribution in [2.24, 2.45) is 0 Å². The first kappa shape index (κ1) is 11.8. The van der Waals surface area contributed by atoms with Gasteiger partial charge in [-0.3, -0.25) is 4.79 Å². The first-order chi connectivity index (χ1) is 8.65. The van der Waals surface area contributed by atoms with Crippen molar-refractivity contribution in [3.05, 3.63) is 5.82 Å².